The Morgan fingerprint density at radius 2 is 2.18 bits per heavy atom. The van der Waals surface area contributed by atoms with Crippen LogP contribution in [0.5, 0.6) is 0 Å². The first-order chi connectivity index (χ1) is 5.36. The Bertz CT molecular complexity index is 436. The molecule has 0 spiro atoms. The lowest BCUT2D eigenvalue weighted by molar-refractivity contribution is 1.08. The normalized spacial score (nSPS) is 10.2. The minimum atomic E-state index is -0.382. The summed E-state index contributed by atoms with van der Waals surface area (Å²) in [5.74, 6) is 0. The van der Waals surface area contributed by atoms with Gasteiger partial charge < -0.3 is 4.98 Å². The average molecular weight is 148 g/mol. The standard InChI is InChI=1S/C6H4N4O/c11-6-8-2-4-5(10-6)1-7-3-9-4/h1-3H,(H,8,10,11). The Kier molecular flexibility index (Phi) is 1.15. The number of aromatic nitrogens is 4. The van der Waals surface area contributed by atoms with Crippen molar-refractivity contribution in [2.75, 3.05) is 0 Å². The van der Waals surface area contributed by atoms with Crippen molar-refractivity contribution in [2.24, 2.45) is 0 Å². The van der Waals surface area contributed by atoms with E-state index in [0.717, 1.165) is 0 Å². The zero-order valence-electron chi connectivity index (χ0n) is 5.48. The molecule has 2 aromatic heterocycles. The Hall–Kier alpha value is -1.78. The fourth-order valence-corrected chi connectivity index (χ4v) is 0.806. The van der Waals surface area contributed by atoms with Crippen LogP contribution in [0.4, 0.5) is 0 Å². The fourth-order valence-electron chi connectivity index (χ4n) is 0.806. The second-order valence-corrected chi connectivity index (χ2v) is 2.01. The van der Waals surface area contributed by atoms with Crippen LogP contribution in [0.25, 0.3) is 11.0 Å². The van der Waals surface area contributed by atoms with Gasteiger partial charge in [0.25, 0.3) is 0 Å². The van der Waals surface area contributed by atoms with Gasteiger partial charge in [-0.2, -0.15) is 4.98 Å². The van der Waals surface area contributed by atoms with E-state index >= 15 is 0 Å². The van der Waals surface area contributed by atoms with Gasteiger partial charge in [0.2, 0.25) is 0 Å². The second-order valence-electron chi connectivity index (χ2n) is 2.01. The van der Waals surface area contributed by atoms with E-state index in [2.05, 4.69) is 19.9 Å². The van der Waals surface area contributed by atoms with Crippen molar-refractivity contribution in [3.63, 3.8) is 0 Å². The molecule has 0 aliphatic heterocycles. The van der Waals surface area contributed by atoms with Crippen molar-refractivity contribution in [3.05, 3.63) is 29.2 Å². The lowest BCUT2D eigenvalue weighted by Crippen LogP contribution is -2.08. The molecule has 11 heavy (non-hydrogen) atoms. The molecule has 2 heterocycles. The van der Waals surface area contributed by atoms with Gasteiger partial charge in [-0.25, -0.2) is 14.8 Å². The molecule has 54 valence electrons. The summed E-state index contributed by atoms with van der Waals surface area (Å²) in [6, 6.07) is 0. The SMILES string of the molecule is O=c1ncc2ncncc2[nH]1. The molecular formula is C6H4N4O. The van der Waals surface area contributed by atoms with E-state index in [4.69, 9.17) is 0 Å². The molecule has 0 aliphatic carbocycles. The van der Waals surface area contributed by atoms with Crippen molar-refractivity contribution >= 4 is 11.0 Å². The molecule has 5 nitrogen and oxygen atoms in total. The van der Waals surface area contributed by atoms with Crippen molar-refractivity contribution in [2.45, 2.75) is 0 Å². The Balaban J connectivity index is 2.94. The van der Waals surface area contributed by atoms with E-state index in [-0.39, 0.29) is 5.69 Å². The molecule has 0 bridgehead atoms. The highest BCUT2D eigenvalue weighted by atomic mass is 16.1. The number of nitrogens with zero attached hydrogens (tertiary/aromatic N) is 3. The molecule has 0 amide bonds. The van der Waals surface area contributed by atoms with Crippen LogP contribution in [-0.2, 0) is 0 Å². The summed E-state index contributed by atoms with van der Waals surface area (Å²) in [4.78, 5) is 24.3. The summed E-state index contributed by atoms with van der Waals surface area (Å²) in [6.07, 6.45) is 4.35. The first-order valence-electron chi connectivity index (χ1n) is 3.01. The minimum Gasteiger partial charge on any atom is -0.303 e. The molecule has 2 rings (SSSR count). The molecule has 0 aliphatic rings. The second kappa shape index (κ2) is 2.12. The zero-order chi connectivity index (χ0) is 7.68. The maximum absolute atomic E-state index is 10.7. The number of rotatable bonds is 0. The van der Waals surface area contributed by atoms with Crippen LogP contribution < -0.4 is 5.69 Å². The van der Waals surface area contributed by atoms with Crippen LogP contribution in [0.2, 0.25) is 0 Å². The Morgan fingerprint density at radius 3 is 3.09 bits per heavy atom. The van der Waals surface area contributed by atoms with Crippen LogP contribution in [0.15, 0.2) is 23.5 Å². The van der Waals surface area contributed by atoms with Crippen LogP contribution in [-0.4, -0.2) is 19.9 Å². The van der Waals surface area contributed by atoms with Crippen molar-refractivity contribution in [1.29, 1.82) is 0 Å². The van der Waals surface area contributed by atoms with Gasteiger partial charge in [0.05, 0.1) is 17.9 Å². The predicted octanol–water partition coefficient (Wildman–Crippen LogP) is -0.287. The molecular weight excluding hydrogens is 144 g/mol. The maximum Gasteiger partial charge on any atom is 0.345 e. The van der Waals surface area contributed by atoms with Crippen molar-refractivity contribution in [3.8, 4) is 0 Å². The largest absolute Gasteiger partial charge is 0.345 e. The van der Waals surface area contributed by atoms with Gasteiger partial charge in [0, 0.05) is 0 Å². The molecule has 0 saturated carbocycles. The zero-order valence-corrected chi connectivity index (χ0v) is 5.48. The molecule has 5 heteroatoms. The molecule has 0 aromatic carbocycles. The first-order valence-corrected chi connectivity index (χ1v) is 3.01. The topological polar surface area (TPSA) is 71.5 Å². The summed E-state index contributed by atoms with van der Waals surface area (Å²) in [5.41, 5.74) is 0.861. The predicted molar refractivity (Wildman–Crippen MR) is 38.0 cm³/mol. The van der Waals surface area contributed by atoms with E-state index in [1.807, 2.05) is 0 Å². The van der Waals surface area contributed by atoms with Gasteiger partial charge >= 0.3 is 5.69 Å². The third-order valence-electron chi connectivity index (χ3n) is 1.29. The molecule has 0 unspecified atom stereocenters. The molecule has 1 N–H and O–H groups in total. The smallest absolute Gasteiger partial charge is 0.303 e. The summed E-state index contributed by atoms with van der Waals surface area (Å²) in [5, 5.41) is 0. The Morgan fingerprint density at radius 1 is 1.27 bits per heavy atom. The van der Waals surface area contributed by atoms with Gasteiger partial charge in [-0.1, -0.05) is 0 Å². The molecule has 2 aromatic rings. The number of fused-ring (bicyclic) bond motifs is 1. The first kappa shape index (κ1) is 5.96. The van der Waals surface area contributed by atoms with Gasteiger partial charge in [-0.3, -0.25) is 0 Å². The van der Waals surface area contributed by atoms with E-state index in [9.17, 15) is 4.79 Å². The number of aromatic amines is 1. The lowest BCUT2D eigenvalue weighted by Gasteiger charge is -1.90. The van der Waals surface area contributed by atoms with E-state index < -0.39 is 0 Å². The van der Waals surface area contributed by atoms with Crippen molar-refractivity contribution < 1.29 is 0 Å². The highest BCUT2D eigenvalue weighted by molar-refractivity contribution is 5.70. The number of hydrogen-bond donors (Lipinski definition) is 1. The third-order valence-corrected chi connectivity index (χ3v) is 1.29. The quantitative estimate of drug-likeness (QED) is 0.557. The van der Waals surface area contributed by atoms with Crippen LogP contribution in [0, 0.1) is 0 Å². The van der Waals surface area contributed by atoms with Gasteiger partial charge in [-0.05, 0) is 0 Å². The summed E-state index contributed by atoms with van der Waals surface area (Å²) < 4.78 is 0. The lowest BCUT2D eigenvalue weighted by atomic mass is 10.4. The van der Waals surface area contributed by atoms with E-state index in [0.29, 0.717) is 11.0 Å². The maximum atomic E-state index is 10.7. The third kappa shape index (κ3) is 0.958. The number of nitrogens with one attached hydrogen (secondary N) is 1. The van der Waals surface area contributed by atoms with Crippen LogP contribution >= 0.6 is 0 Å². The molecule has 0 radical (unpaired) electrons. The summed E-state index contributed by atoms with van der Waals surface area (Å²) in [6.45, 7) is 0. The fraction of sp³-hybridized carbons (Fsp3) is 0. The van der Waals surface area contributed by atoms with Crippen LogP contribution in [0.1, 0.15) is 0 Å². The minimum absolute atomic E-state index is 0.382. The van der Waals surface area contributed by atoms with Gasteiger partial charge in [0.1, 0.15) is 11.8 Å². The van der Waals surface area contributed by atoms with Gasteiger partial charge in [-0.15, -0.1) is 0 Å². The monoisotopic (exact) mass is 148 g/mol. The highest BCUT2D eigenvalue weighted by Gasteiger charge is 1.92. The van der Waals surface area contributed by atoms with Crippen molar-refractivity contribution in [1.82, 2.24) is 19.9 Å². The molecule has 0 saturated heterocycles. The molecule has 0 atom stereocenters. The summed E-state index contributed by atoms with van der Waals surface area (Å²) in [7, 11) is 0. The van der Waals surface area contributed by atoms with E-state index in [1.54, 1.807) is 0 Å². The highest BCUT2D eigenvalue weighted by Crippen LogP contribution is 1.98. The number of H-pyrrole nitrogens is 1. The van der Waals surface area contributed by atoms with Crippen LogP contribution in [0.3, 0.4) is 0 Å². The Labute approximate surface area is 61.2 Å². The van der Waals surface area contributed by atoms with E-state index in [1.165, 1.54) is 18.7 Å². The number of hydrogen-bond acceptors (Lipinski definition) is 4. The summed E-state index contributed by atoms with van der Waals surface area (Å²) >= 11 is 0. The van der Waals surface area contributed by atoms with Gasteiger partial charge in [0.15, 0.2) is 0 Å². The molecule has 0 fully saturated rings. The average Bonchev–Trinajstić information content (AvgIpc) is 2.04.